The summed E-state index contributed by atoms with van der Waals surface area (Å²) >= 11 is 0. The zero-order valence-corrected chi connectivity index (χ0v) is 18.0. The van der Waals surface area contributed by atoms with E-state index in [2.05, 4.69) is 10.8 Å². The topological polar surface area (TPSA) is 53.2 Å². The molecule has 0 bridgehead atoms. The van der Waals surface area contributed by atoms with Crippen LogP contribution < -0.4 is 4.74 Å². The summed E-state index contributed by atoms with van der Waals surface area (Å²) in [6.07, 6.45) is -3.10. The lowest BCUT2D eigenvalue weighted by Gasteiger charge is -2.28. The van der Waals surface area contributed by atoms with Crippen LogP contribution in [0, 0.1) is 11.3 Å². The second-order valence-electron chi connectivity index (χ2n) is 9.21. The lowest BCUT2D eigenvalue weighted by Crippen LogP contribution is -2.17. The van der Waals surface area contributed by atoms with Gasteiger partial charge in [0.2, 0.25) is 0 Å². The van der Waals surface area contributed by atoms with Crippen LogP contribution >= 0.6 is 0 Å². The van der Waals surface area contributed by atoms with Gasteiger partial charge in [-0.2, -0.15) is 5.26 Å². The molecular formula is C24H26F3NO2. The van der Waals surface area contributed by atoms with Crippen molar-refractivity contribution in [1.29, 1.82) is 5.26 Å². The van der Waals surface area contributed by atoms with E-state index in [1.807, 2.05) is 53.7 Å². The van der Waals surface area contributed by atoms with Crippen molar-refractivity contribution in [2.24, 2.45) is 0 Å². The highest BCUT2D eigenvalue weighted by Crippen LogP contribution is 2.40. The van der Waals surface area contributed by atoms with E-state index in [1.54, 1.807) is 6.08 Å². The Hall–Kier alpha value is -2.94. The third-order valence-electron chi connectivity index (χ3n) is 4.58. The minimum atomic E-state index is -4.77. The molecule has 0 aliphatic rings. The number of rotatable bonds is 3. The summed E-state index contributed by atoms with van der Waals surface area (Å²) in [5.74, 6) is -0.113. The van der Waals surface area contributed by atoms with Crippen LogP contribution in [0.1, 0.15) is 63.8 Å². The van der Waals surface area contributed by atoms with E-state index in [9.17, 15) is 23.5 Å². The maximum atomic E-state index is 12.3. The zero-order valence-electron chi connectivity index (χ0n) is 18.0. The SMILES string of the molecule is CC(C)(C)c1cc(/C=C(\C#N)c2ccc(OC(F)(F)F)cc2)cc(C(C)(C)C)c1O. The standard InChI is InChI=1S/C24H26F3NO2/c1-22(2,3)19-12-15(13-20(21(19)29)23(4,5)6)11-17(14-28)16-7-9-18(10-8-16)30-24(25,26)27/h7-13,29H,1-6H3/b17-11+. The number of alkyl halides is 3. The number of nitrogens with zero attached hydrogens (tertiary/aromatic N) is 1. The maximum absolute atomic E-state index is 12.3. The molecule has 2 aromatic rings. The first-order chi connectivity index (χ1) is 13.6. The molecule has 1 N–H and O–H groups in total. The van der Waals surface area contributed by atoms with Crippen LogP contribution in [0.5, 0.6) is 11.5 Å². The van der Waals surface area contributed by atoms with Gasteiger partial charge >= 0.3 is 6.36 Å². The molecule has 0 atom stereocenters. The van der Waals surface area contributed by atoms with Crippen LogP contribution in [0.3, 0.4) is 0 Å². The van der Waals surface area contributed by atoms with Gasteiger partial charge in [0.25, 0.3) is 0 Å². The van der Waals surface area contributed by atoms with Crippen molar-refractivity contribution >= 4 is 11.6 Å². The molecule has 2 rings (SSSR count). The van der Waals surface area contributed by atoms with Crippen molar-refractivity contribution in [2.75, 3.05) is 0 Å². The molecule has 2 aromatic carbocycles. The smallest absolute Gasteiger partial charge is 0.507 e. The molecule has 0 aliphatic carbocycles. The van der Waals surface area contributed by atoms with Gasteiger partial charge in [0.15, 0.2) is 0 Å². The summed E-state index contributed by atoms with van der Waals surface area (Å²) in [4.78, 5) is 0. The highest BCUT2D eigenvalue weighted by Gasteiger charge is 2.31. The number of ether oxygens (including phenoxy) is 1. The molecule has 6 heteroatoms. The Balaban J connectivity index is 2.55. The predicted octanol–water partition coefficient (Wildman–Crippen LogP) is 6.95. The Bertz CT molecular complexity index is 949. The Morgan fingerprint density at radius 2 is 1.40 bits per heavy atom. The highest BCUT2D eigenvalue weighted by molar-refractivity contribution is 5.90. The van der Waals surface area contributed by atoms with E-state index in [-0.39, 0.29) is 22.3 Å². The number of hydrogen-bond acceptors (Lipinski definition) is 3. The largest absolute Gasteiger partial charge is 0.573 e. The number of halogens is 3. The fourth-order valence-corrected chi connectivity index (χ4v) is 3.07. The number of benzene rings is 2. The van der Waals surface area contributed by atoms with Crippen molar-refractivity contribution in [1.82, 2.24) is 0 Å². The van der Waals surface area contributed by atoms with Crippen molar-refractivity contribution < 1.29 is 23.0 Å². The van der Waals surface area contributed by atoms with Gasteiger partial charge in [0.05, 0.1) is 11.6 Å². The summed E-state index contributed by atoms with van der Waals surface area (Å²) in [7, 11) is 0. The molecule has 30 heavy (non-hydrogen) atoms. The first-order valence-electron chi connectivity index (χ1n) is 9.48. The zero-order chi connectivity index (χ0) is 22.9. The maximum Gasteiger partial charge on any atom is 0.573 e. The van der Waals surface area contributed by atoms with Gasteiger partial charge in [-0.25, -0.2) is 0 Å². The fourth-order valence-electron chi connectivity index (χ4n) is 3.07. The van der Waals surface area contributed by atoms with E-state index >= 15 is 0 Å². The van der Waals surface area contributed by atoms with Crippen molar-refractivity contribution in [3.8, 4) is 17.6 Å². The van der Waals surface area contributed by atoms with Crippen LogP contribution in [0.15, 0.2) is 36.4 Å². The van der Waals surface area contributed by atoms with Crippen molar-refractivity contribution in [3.05, 3.63) is 58.7 Å². The number of hydrogen-bond donors (Lipinski definition) is 1. The average Bonchev–Trinajstić information content (AvgIpc) is 2.58. The fraction of sp³-hybridized carbons (Fsp3) is 0.375. The lowest BCUT2D eigenvalue weighted by atomic mass is 9.78. The predicted molar refractivity (Wildman–Crippen MR) is 112 cm³/mol. The third-order valence-corrected chi connectivity index (χ3v) is 4.58. The first-order valence-corrected chi connectivity index (χ1v) is 9.48. The summed E-state index contributed by atoms with van der Waals surface area (Å²) in [6, 6.07) is 10.9. The first kappa shape index (κ1) is 23.3. The van der Waals surface area contributed by atoms with Crippen molar-refractivity contribution in [2.45, 2.75) is 58.7 Å². The summed E-state index contributed by atoms with van der Waals surface area (Å²) in [5, 5.41) is 20.5. The van der Waals surface area contributed by atoms with Gasteiger partial charge in [-0.1, -0.05) is 41.5 Å². The minimum Gasteiger partial charge on any atom is -0.507 e. The van der Waals surface area contributed by atoms with Gasteiger partial charge in [0.1, 0.15) is 11.5 Å². The minimum absolute atomic E-state index is 0.235. The molecule has 0 saturated carbocycles. The van der Waals surface area contributed by atoms with E-state index in [0.717, 1.165) is 16.7 Å². The number of allylic oxidation sites excluding steroid dienone is 1. The van der Waals surface area contributed by atoms with E-state index < -0.39 is 6.36 Å². The second kappa shape index (κ2) is 8.06. The van der Waals surface area contributed by atoms with E-state index in [1.165, 1.54) is 24.3 Å². The normalized spacial score (nSPS) is 13.1. The molecule has 160 valence electrons. The number of aromatic hydroxyl groups is 1. The highest BCUT2D eigenvalue weighted by atomic mass is 19.4. The van der Waals surface area contributed by atoms with Crippen LogP contribution in [-0.2, 0) is 10.8 Å². The lowest BCUT2D eigenvalue weighted by molar-refractivity contribution is -0.274. The molecular weight excluding hydrogens is 391 g/mol. The molecule has 0 spiro atoms. The number of phenolic OH excluding ortho intramolecular Hbond substituents is 1. The molecule has 0 heterocycles. The van der Waals surface area contributed by atoms with E-state index in [4.69, 9.17) is 0 Å². The van der Waals surface area contributed by atoms with Gasteiger partial charge in [-0.15, -0.1) is 13.2 Å². The number of nitriles is 1. The third kappa shape index (κ3) is 5.79. The molecule has 0 radical (unpaired) electrons. The molecule has 0 fully saturated rings. The van der Waals surface area contributed by atoms with E-state index in [0.29, 0.717) is 11.1 Å². The van der Waals surface area contributed by atoms with Gasteiger partial charge in [-0.3, -0.25) is 0 Å². The van der Waals surface area contributed by atoms with Crippen molar-refractivity contribution in [3.63, 3.8) is 0 Å². The Labute approximate surface area is 175 Å². The van der Waals surface area contributed by atoms with Crippen LogP contribution in [-0.4, -0.2) is 11.5 Å². The molecule has 0 saturated heterocycles. The molecule has 0 aliphatic heterocycles. The molecule has 0 amide bonds. The van der Waals surface area contributed by atoms with Gasteiger partial charge in [0, 0.05) is 11.1 Å². The van der Waals surface area contributed by atoms with Crippen LogP contribution in [0.4, 0.5) is 13.2 Å². The summed E-state index contributed by atoms with van der Waals surface area (Å²) in [6.45, 7) is 12.0. The molecule has 0 aromatic heterocycles. The Morgan fingerprint density at radius 1 is 0.933 bits per heavy atom. The molecule has 3 nitrogen and oxygen atoms in total. The van der Waals surface area contributed by atoms with Gasteiger partial charge < -0.3 is 9.84 Å². The quantitative estimate of drug-likeness (QED) is 0.434. The summed E-state index contributed by atoms with van der Waals surface area (Å²) < 4.78 is 40.9. The van der Waals surface area contributed by atoms with Crippen LogP contribution in [0.25, 0.3) is 11.6 Å². The summed E-state index contributed by atoms with van der Waals surface area (Å²) in [5.41, 5.74) is 2.36. The molecule has 0 unspecified atom stereocenters. The second-order valence-corrected chi connectivity index (χ2v) is 9.21. The monoisotopic (exact) mass is 417 g/mol. The Morgan fingerprint density at radius 3 is 1.77 bits per heavy atom. The van der Waals surface area contributed by atoms with Crippen LogP contribution in [0.2, 0.25) is 0 Å². The Kier molecular flexibility index (Phi) is 6.27. The average molecular weight is 417 g/mol. The number of phenols is 1. The van der Waals surface area contributed by atoms with Gasteiger partial charge in [-0.05, 0) is 64.4 Å².